The van der Waals surface area contributed by atoms with Crippen molar-refractivity contribution in [1.82, 2.24) is 20.1 Å². The molecule has 2 N–H and O–H groups in total. The minimum Gasteiger partial charge on any atom is -0.435 e. The van der Waals surface area contributed by atoms with Crippen molar-refractivity contribution in [2.45, 2.75) is 45.5 Å². The molecule has 1 unspecified atom stereocenters. The second-order valence-electron chi connectivity index (χ2n) is 7.51. The molecule has 1 aromatic carbocycles. The van der Waals surface area contributed by atoms with Crippen LogP contribution >= 0.6 is 0 Å². The number of amides is 1. The maximum atomic E-state index is 13.0. The van der Waals surface area contributed by atoms with E-state index in [4.69, 9.17) is 4.74 Å². The van der Waals surface area contributed by atoms with Gasteiger partial charge in [-0.25, -0.2) is 9.67 Å². The largest absolute Gasteiger partial charge is 0.435 e. The van der Waals surface area contributed by atoms with E-state index in [2.05, 4.69) is 25.5 Å². The quantitative estimate of drug-likeness (QED) is 0.551. The summed E-state index contributed by atoms with van der Waals surface area (Å²) in [7, 11) is 0. The molecule has 3 heterocycles. The zero-order chi connectivity index (χ0) is 22.5. The van der Waals surface area contributed by atoms with Crippen LogP contribution in [0.3, 0.4) is 0 Å². The molecular formula is C22H25F2N5O3. The summed E-state index contributed by atoms with van der Waals surface area (Å²) in [5.74, 6) is -0.227. The predicted octanol–water partition coefficient (Wildman–Crippen LogP) is 3.57. The van der Waals surface area contributed by atoms with E-state index >= 15 is 0 Å². The van der Waals surface area contributed by atoms with E-state index < -0.39 is 6.61 Å². The van der Waals surface area contributed by atoms with Crippen LogP contribution in [0.2, 0.25) is 0 Å². The first-order valence-corrected chi connectivity index (χ1v) is 10.6. The molecule has 1 aliphatic heterocycles. The van der Waals surface area contributed by atoms with Crippen LogP contribution in [0.1, 0.15) is 35.7 Å². The van der Waals surface area contributed by atoms with Crippen LogP contribution < -0.4 is 15.4 Å². The first-order chi connectivity index (χ1) is 15.5. The average Bonchev–Trinajstić information content (AvgIpc) is 3.22. The third-order valence-electron chi connectivity index (χ3n) is 5.32. The summed E-state index contributed by atoms with van der Waals surface area (Å²) in [6, 6.07) is 6.23. The lowest BCUT2D eigenvalue weighted by atomic mass is 10.1. The lowest BCUT2D eigenvalue weighted by Gasteiger charge is -2.25. The minimum atomic E-state index is -2.87. The van der Waals surface area contributed by atoms with Gasteiger partial charge in [-0.3, -0.25) is 4.79 Å². The number of rotatable bonds is 8. The Morgan fingerprint density at radius 1 is 1.31 bits per heavy atom. The molecule has 0 aliphatic carbocycles. The van der Waals surface area contributed by atoms with E-state index in [9.17, 15) is 13.6 Å². The van der Waals surface area contributed by atoms with Gasteiger partial charge in [-0.05, 0) is 37.5 Å². The van der Waals surface area contributed by atoms with Crippen LogP contribution in [0.25, 0.3) is 11.0 Å². The highest BCUT2D eigenvalue weighted by Gasteiger charge is 2.22. The van der Waals surface area contributed by atoms with Gasteiger partial charge < -0.3 is 20.1 Å². The second-order valence-corrected chi connectivity index (χ2v) is 7.51. The minimum absolute atomic E-state index is 0.0684. The van der Waals surface area contributed by atoms with E-state index in [0.29, 0.717) is 30.0 Å². The van der Waals surface area contributed by atoms with Gasteiger partial charge in [0.25, 0.3) is 5.91 Å². The Bertz CT molecular complexity index is 1070. The number of carbonyl (C=O) groups excluding carboxylic acids is 1. The van der Waals surface area contributed by atoms with Crippen LogP contribution in [-0.4, -0.2) is 46.5 Å². The number of alkyl halides is 2. The summed E-state index contributed by atoms with van der Waals surface area (Å²) in [6.45, 7) is 1.31. The fourth-order valence-corrected chi connectivity index (χ4v) is 3.71. The molecular weight excluding hydrogens is 420 g/mol. The molecule has 10 heteroatoms. The summed E-state index contributed by atoms with van der Waals surface area (Å²) in [6.07, 6.45) is 5.17. The molecule has 1 aliphatic rings. The number of fused-ring (bicyclic) bond motifs is 1. The van der Waals surface area contributed by atoms with E-state index in [1.54, 1.807) is 29.2 Å². The van der Waals surface area contributed by atoms with Gasteiger partial charge in [0.05, 0.1) is 29.4 Å². The summed E-state index contributed by atoms with van der Waals surface area (Å²) in [4.78, 5) is 17.5. The summed E-state index contributed by atoms with van der Waals surface area (Å²) >= 11 is 0. The van der Waals surface area contributed by atoms with Crippen LogP contribution in [0, 0.1) is 0 Å². The smallest absolute Gasteiger partial charge is 0.387 e. The molecule has 2 aromatic heterocycles. The van der Waals surface area contributed by atoms with Crippen molar-refractivity contribution in [2.24, 2.45) is 0 Å². The lowest BCUT2D eigenvalue weighted by molar-refractivity contribution is -0.0498. The van der Waals surface area contributed by atoms with E-state index in [0.717, 1.165) is 30.4 Å². The maximum absolute atomic E-state index is 13.0. The number of nitrogens with zero attached hydrogens (tertiary/aromatic N) is 3. The summed E-state index contributed by atoms with van der Waals surface area (Å²) < 4.78 is 36.3. The third-order valence-corrected chi connectivity index (χ3v) is 5.32. The summed E-state index contributed by atoms with van der Waals surface area (Å²) in [5, 5.41) is 11.5. The fraction of sp³-hybridized carbons (Fsp3) is 0.409. The van der Waals surface area contributed by atoms with Crippen molar-refractivity contribution in [3.8, 4) is 5.75 Å². The molecule has 0 saturated carbocycles. The molecule has 32 heavy (non-hydrogen) atoms. The highest BCUT2D eigenvalue weighted by Crippen LogP contribution is 2.28. The average molecular weight is 445 g/mol. The van der Waals surface area contributed by atoms with E-state index in [1.165, 1.54) is 12.1 Å². The van der Waals surface area contributed by atoms with Crippen molar-refractivity contribution >= 4 is 22.6 Å². The van der Waals surface area contributed by atoms with Crippen molar-refractivity contribution in [3.05, 3.63) is 47.8 Å². The van der Waals surface area contributed by atoms with Gasteiger partial charge in [0, 0.05) is 31.9 Å². The Balaban J connectivity index is 1.53. The zero-order valence-corrected chi connectivity index (χ0v) is 17.7. The standard InChI is InChI=1S/C22H25F2N5O3/c1-2-29-20-17(12-27-29)19(28-15-4-3-9-31-13-15)18(11-25-20)21(30)26-10-14-5-7-16(8-6-14)32-22(23)24/h5-8,11-12,15,22H,2-4,9-10,13H2,1H3,(H,25,28)(H,26,30). The van der Waals surface area contributed by atoms with Crippen LogP contribution in [0.15, 0.2) is 36.7 Å². The first-order valence-electron chi connectivity index (χ1n) is 10.6. The van der Waals surface area contributed by atoms with Gasteiger partial charge in [0.15, 0.2) is 5.65 Å². The molecule has 1 saturated heterocycles. The SMILES string of the molecule is CCn1ncc2c(NC3CCCOC3)c(C(=O)NCc3ccc(OC(F)F)cc3)cnc21. The highest BCUT2D eigenvalue weighted by atomic mass is 19.3. The molecule has 4 rings (SSSR count). The molecule has 0 spiro atoms. The number of anilines is 1. The normalized spacial score (nSPS) is 16.3. The molecule has 3 aromatic rings. The Morgan fingerprint density at radius 3 is 2.81 bits per heavy atom. The second kappa shape index (κ2) is 9.90. The number of hydrogen-bond acceptors (Lipinski definition) is 6. The van der Waals surface area contributed by atoms with Crippen molar-refractivity contribution in [2.75, 3.05) is 18.5 Å². The first kappa shape index (κ1) is 21.9. The van der Waals surface area contributed by atoms with Gasteiger partial charge in [-0.15, -0.1) is 0 Å². The van der Waals surface area contributed by atoms with Gasteiger partial charge in [0.2, 0.25) is 0 Å². The third kappa shape index (κ3) is 4.96. The van der Waals surface area contributed by atoms with Crippen LogP contribution in [0.5, 0.6) is 5.75 Å². The molecule has 8 nitrogen and oxygen atoms in total. The van der Waals surface area contributed by atoms with Gasteiger partial charge >= 0.3 is 6.61 Å². The van der Waals surface area contributed by atoms with E-state index in [1.807, 2.05) is 6.92 Å². The molecule has 0 bridgehead atoms. The predicted molar refractivity (Wildman–Crippen MR) is 115 cm³/mol. The Hall–Kier alpha value is -3.27. The molecule has 170 valence electrons. The number of halogens is 2. The number of hydrogen-bond donors (Lipinski definition) is 2. The number of pyridine rings is 1. The Kier molecular flexibility index (Phi) is 6.79. The Labute approximate surface area is 183 Å². The number of aryl methyl sites for hydroxylation is 1. The number of aromatic nitrogens is 3. The van der Waals surface area contributed by atoms with Crippen molar-refractivity contribution in [3.63, 3.8) is 0 Å². The van der Waals surface area contributed by atoms with Gasteiger partial charge in [-0.1, -0.05) is 12.1 Å². The Morgan fingerprint density at radius 2 is 2.12 bits per heavy atom. The summed E-state index contributed by atoms with van der Waals surface area (Å²) in [5.41, 5.74) is 2.56. The van der Waals surface area contributed by atoms with Crippen LogP contribution in [0.4, 0.5) is 14.5 Å². The molecule has 0 radical (unpaired) electrons. The fourth-order valence-electron chi connectivity index (χ4n) is 3.71. The number of nitrogens with one attached hydrogen (secondary N) is 2. The highest BCUT2D eigenvalue weighted by molar-refractivity contribution is 6.06. The van der Waals surface area contributed by atoms with E-state index in [-0.39, 0.29) is 24.2 Å². The van der Waals surface area contributed by atoms with Crippen molar-refractivity contribution in [1.29, 1.82) is 0 Å². The van der Waals surface area contributed by atoms with Gasteiger partial charge in [-0.2, -0.15) is 13.9 Å². The number of carbonyl (C=O) groups is 1. The van der Waals surface area contributed by atoms with Gasteiger partial charge in [0.1, 0.15) is 5.75 Å². The number of benzene rings is 1. The molecule has 1 amide bonds. The number of ether oxygens (including phenoxy) is 2. The molecule has 1 atom stereocenters. The monoisotopic (exact) mass is 445 g/mol. The maximum Gasteiger partial charge on any atom is 0.387 e. The lowest BCUT2D eigenvalue weighted by Crippen LogP contribution is -2.32. The van der Waals surface area contributed by atoms with Crippen LogP contribution in [-0.2, 0) is 17.8 Å². The topological polar surface area (TPSA) is 90.3 Å². The zero-order valence-electron chi connectivity index (χ0n) is 17.7. The molecule has 1 fully saturated rings. The van der Waals surface area contributed by atoms with Crippen molar-refractivity contribution < 1.29 is 23.0 Å².